The molecule has 0 bridgehead atoms. The molecule has 1 aromatic carbocycles. The van der Waals surface area contributed by atoms with Crippen LogP contribution in [-0.2, 0) is 11.2 Å². The number of halogens is 3. The molecule has 1 saturated heterocycles. The molecule has 12 heteroatoms. The Labute approximate surface area is 201 Å². The van der Waals surface area contributed by atoms with E-state index in [4.69, 9.17) is 0 Å². The van der Waals surface area contributed by atoms with E-state index in [1.54, 1.807) is 0 Å². The number of H-pyrrole nitrogens is 2. The van der Waals surface area contributed by atoms with Gasteiger partial charge in [0.25, 0.3) is 5.91 Å². The van der Waals surface area contributed by atoms with Gasteiger partial charge < -0.3 is 15.2 Å². The first-order chi connectivity index (χ1) is 16.8. The predicted molar refractivity (Wildman–Crippen MR) is 125 cm³/mol. The van der Waals surface area contributed by atoms with Gasteiger partial charge in [0.2, 0.25) is 11.8 Å². The van der Waals surface area contributed by atoms with Gasteiger partial charge in [-0.05, 0) is 24.5 Å². The fourth-order valence-corrected chi connectivity index (χ4v) is 4.35. The van der Waals surface area contributed by atoms with Gasteiger partial charge in [-0.1, -0.05) is 31.5 Å². The predicted octanol–water partition coefficient (Wildman–Crippen LogP) is 3.09. The molecule has 1 unspecified atom stereocenters. The maximum atomic E-state index is 12.9. The number of fused-ring (bicyclic) bond motifs is 1. The Bertz CT molecular complexity index is 1110. The summed E-state index contributed by atoms with van der Waals surface area (Å²) in [7, 11) is 0. The van der Waals surface area contributed by atoms with Crippen LogP contribution in [0.4, 0.5) is 19.1 Å². The standard InChI is InChI=1S/C23H30F3N7O2/c1-2-5-17(14-16-15-27-19-7-4-3-6-18(16)19)28-21(34)20-29-22(31-30-20)33-10-8-32(9-11-33)12-13-35-23(24,25)26/h3-4,6-7,15,17,27H,2,5,8-14H2,1H3,(H,28,34)(H,29,30,31). The molecule has 0 radical (unpaired) electrons. The lowest BCUT2D eigenvalue weighted by Crippen LogP contribution is -2.48. The number of amides is 1. The van der Waals surface area contributed by atoms with Crippen LogP contribution in [0.25, 0.3) is 10.9 Å². The maximum Gasteiger partial charge on any atom is 0.522 e. The molecule has 1 amide bonds. The number of nitrogens with one attached hydrogen (secondary N) is 3. The molecule has 1 aliphatic heterocycles. The molecule has 1 aliphatic rings. The molecule has 9 nitrogen and oxygen atoms in total. The number of aromatic nitrogens is 4. The second-order valence-corrected chi connectivity index (χ2v) is 8.63. The first kappa shape index (κ1) is 25.0. The van der Waals surface area contributed by atoms with Crippen molar-refractivity contribution >= 4 is 22.8 Å². The summed E-state index contributed by atoms with van der Waals surface area (Å²) in [5.41, 5.74) is 2.22. The molecule has 0 aliphatic carbocycles. The number of rotatable bonds is 10. The topological polar surface area (TPSA) is 102 Å². The number of carbonyl (C=O) groups is 1. The van der Waals surface area contributed by atoms with Crippen molar-refractivity contribution in [2.75, 3.05) is 44.2 Å². The van der Waals surface area contributed by atoms with Gasteiger partial charge in [0, 0.05) is 55.9 Å². The molecule has 0 spiro atoms. The number of carbonyl (C=O) groups excluding carboxylic acids is 1. The summed E-state index contributed by atoms with van der Waals surface area (Å²) in [5, 5.41) is 11.1. The molecular formula is C23H30F3N7O2. The van der Waals surface area contributed by atoms with E-state index < -0.39 is 13.0 Å². The minimum Gasteiger partial charge on any atom is -0.361 e. The molecular weight excluding hydrogens is 463 g/mol. The number of aromatic amines is 2. The monoisotopic (exact) mass is 493 g/mol. The average Bonchev–Trinajstić information content (AvgIpc) is 3.47. The lowest BCUT2D eigenvalue weighted by molar-refractivity contribution is -0.325. The van der Waals surface area contributed by atoms with E-state index in [-0.39, 0.29) is 24.3 Å². The van der Waals surface area contributed by atoms with Crippen molar-refractivity contribution < 1.29 is 22.7 Å². The normalized spacial score (nSPS) is 16.1. The minimum absolute atomic E-state index is 0.0530. The number of hydrogen-bond donors (Lipinski definition) is 3. The highest BCUT2D eigenvalue weighted by Gasteiger charge is 2.29. The number of piperazine rings is 1. The van der Waals surface area contributed by atoms with Gasteiger partial charge in [-0.15, -0.1) is 18.3 Å². The van der Waals surface area contributed by atoms with E-state index in [0.29, 0.717) is 38.5 Å². The van der Waals surface area contributed by atoms with Gasteiger partial charge in [0.05, 0.1) is 6.61 Å². The minimum atomic E-state index is -4.61. The summed E-state index contributed by atoms with van der Waals surface area (Å²) >= 11 is 0. The van der Waals surface area contributed by atoms with E-state index in [0.717, 1.165) is 29.3 Å². The fraction of sp³-hybridized carbons (Fsp3) is 0.522. The van der Waals surface area contributed by atoms with Crippen LogP contribution in [0.3, 0.4) is 0 Å². The molecule has 1 atom stereocenters. The van der Waals surface area contributed by atoms with Crippen LogP contribution in [0.2, 0.25) is 0 Å². The molecule has 3 N–H and O–H groups in total. The van der Waals surface area contributed by atoms with Gasteiger partial charge in [0.1, 0.15) is 0 Å². The van der Waals surface area contributed by atoms with Crippen LogP contribution in [0.15, 0.2) is 30.5 Å². The molecule has 190 valence electrons. The highest BCUT2D eigenvalue weighted by atomic mass is 19.4. The second kappa shape index (κ2) is 11.1. The van der Waals surface area contributed by atoms with Gasteiger partial charge in [-0.25, -0.2) is 0 Å². The number of hydrogen-bond acceptors (Lipinski definition) is 6. The van der Waals surface area contributed by atoms with Crippen LogP contribution in [0.5, 0.6) is 0 Å². The van der Waals surface area contributed by atoms with Crippen LogP contribution in [0.1, 0.15) is 35.9 Å². The van der Waals surface area contributed by atoms with Crippen molar-refractivity contribution in [3.8, 4) is 0 Å². The van der Waals surface area contributed by atoms with Crippen molar-refractivity contribution in [2.45, 2.75) is 38.6 Å². The van der Waals surface area contributed by atoms with Crippen molar-refractivity contribution in [1.82, 2.24) is 30.4 Å². The Kier molecular flexibility index (Phi) is 7.91. The summed E-state index contributed by atoms with van der Waals surface area (Å²) in [6.45, 7) is 4.08. The Hall–Kier alpha value is -3.12. The van der Waals surface area contributed by atoms with Crippen molar-refractivity contribution in [3.05, 3.63) is 41.9 Å². The zero-order valence-electron chi connectivity index (χ0n) is 19.6. The largest absolute Gasteiger partial charge is 0.522 e. The Morgan fingerprint density at radius 3 is 2.74 bits per heavy atom. The van der Waals surface area contributed by atoms with E-state index in [1.807, 2.05) is 34.2 Å². The number of nitrogens with zero attached hydrogens (tertiary/aromatic N) is 4. The average molecular weight is 494 g/mol. The molecule has 1 fully saturated rings. The van der Waals surface area contributed by atoms with Crippen molar-refractivity contribution in [1.29, 1.82) is 0 Å². The molecule has 3 aromatic rings. The second-order valence-electron chi connectivity index (χ2n) is 8.63. The lowest BCUT2D eigenvalue weighted by Gasteiger charge is -2.33. The number of benzene rings is 1. The third-order valence-corrected chi connectivity index (χ3v) is 6.13. The van der Waals surface area contributed by atoms with Crippen LogP contribution in [0, 0.1) is 0 Å². The highest BCUT2D eigenvalue weighted by Crippen LogP contribution is 2.20. The summed E-state index contributed by atoms with van der Waals surface area (Å²) in [5.74, 6) is 0.232. The van der Waals surface area contributed by atoms with Crippen LogP contribution < -0.4 is 10.2 Å². The smallest absolute Gasteiger partial charge is 0.361 e. The van der Waals surface area contributed by atoms with Gasteiger partial charge in [0.15, 0.2) is 0 Å². The third-order valence-electron chi connectivity index (χ3n) is 6.13. The van der Waals surface area contributed by atoms with Gasteiger partial charge in [-0.3, -0.25) is 19.5 Å². The summed E-state index contributed by atoms with van der Waals surface area (Å²) < 4.78 is 40.3. The van der Waals surface area contributed by atoms with Gasteiger partial charge >= 0.3 is 6.36 Å². The third kappa shape index (κ3) is 6.73. The molecule has 3 heterocycles. The zero-order valence-corrected chi connectivity index (χ0v) is 19.6. The Morgan fingerprint density at radius 1 is 1.23 bits per heavy atom. The SMILES string of the molecule is CCCC(Cc1c[nH]c2ccccc12)NC(=O)c1nc(N2CCN(CCOC(F)(F)F)CC2)n[nH]1. The van der Waals surface area contributed by atoms with Crippen molar-refractivity contribution in [2.24, 2.45) is 0 Å². The van der Waals surface area contributed by atoms with Crippen LogP contribution in [-0.4, -0.2) is 82.7 Å². The Morgan fingerprint density at radius 2 is 2.00 bits per heavy atom. The molecule has 2 aromatic heterocycles. The summed E-state index contributed by atoms with van der Waals surface area (Å²) in [6.07, 6.45) is -0.172. The summed E-state index contributed by atoms with van der Waals surface area (Å²) in [4.78, 5) is 24.3. The number of para-hydroxylation sites is 1. The van der Waals surface area contributed by atoms with E-state index in [1.165, 1.54) is 0 Å². The number of alkyl halides is 3. The fourth-order valence-electron chi connectivity index (χ4n) is 4.35. The highest BCUT2D eigenvalue weighted by molar-refractivity contribution is 5.91. The first-order valence-corrected chi connectivity index (χ1v) is 11.8. The van der Waals surface area contributed by atoms with E-state index >= 15 is 0 Å². The molecule has 4 rings (SSSR count). The molecule has 0 saturated carbocycles. The first-order valence-electron chi connectivity index (χ1n) is 11.8. The number of anilines is 1. The quantitative estimate of drug-likeness (QED) is 0.401. The van der Waals surface area contributed by atoms with Gasteiger partial charge in [-0.2, -0.15) is 4.98 Å². The Balaban J connectivity index is 1.30. The zero-order chi connectivity index (χ0) is 24.8. The maximum absolute atomic E-state index is 12.9. The summed E-state index contributed by atoms with van der Waals surface area (Å²) in [6, 6.07) is 8.02. The lowest BCUT2D eigenvalue weighted by atomic mass is 10.0. The molecule has 35 heavy (non-hydrogen) atoms. The number of ether oxygens (including phenoxy) is 1. The van der Waals surface area contributed by atoms with E-state index in [9.17, 15) is 18.0 Å². The van der Waals surface area contributed by atoms with Crippen LogP contribution >= 0.6 is 0 Å². The van der Waals surface area contributed by atoms with E-state index in [2.05, 4.69) is 43.2 Å². The van der Waals surface area contributed by atoms with Crippen molar-refractivity contribution in [3.63, 3.8) is 0 Å².